The highest BCUT2D eigenvalue weighted by atomic mass is 32.2. The molecule has 0 saturated heterocycles. The lowest BCUT2D eigenvalue weighted by atomic mass is 9.98. The number of hydrogen-bond donors (Lipinski definition) is 3. The van der Waals surface area contributed by atoms with Crippen LogP contribution in [-0.2, 0) is 26.7 Å². The lowest BCUT2D eigenvalue weighted by molar-refractivity contribution is 0.0981. The SMILES string of the molecule is NS(=O)(=O)c1ccccc1S(=O)(=O)NC(=O)c1ccc(-c2ccccc2)c(CO)c1. The fraction of sp³-hybridized carbons (Fsp3) is 0.0500. The summed E-state index contributed by atoms with van der Waals surface area (Å²) in [4.78, 5) is 11.3. The van der Waals surface area contributed by atoms with Gasteiger partial charge in [-0.1, -0.05) is 48.5 Å². The van der Waals surface area contributed by atoms with Crippen LogP contribution in [-0.4, -0.2) is 27.8 Å². The zero-order chi connectivity index (χ0) is 21.9. The first-order chi connectivity index (χ1) is 14.1. The smallest absolute Gasteiger partial charge is 0.265 e. The van der Waals surface area contributed by atoms with Crippen LogP contribution in [0.4, 0.5) is 0 Å². The number of carbonyl (C=O) groups excluding carboxylic acids is 1. The number of nitrogens with two attached hydrogens (primary N) is 1. The van der Waals surface area contributed by atoms with E-state index in [1.54, 1.807) is 6.07 Å². The van der Waals surface area contributed by atoms with Gasteiger partial charge in [-0.15, -0.1) is 0 Å². The average molecular weight is 447 g/mol. The summed E-state index contributed by atoms with van der Waals surface area (Å²) in [5.74, 6) is -0.978. The van der Waals surface area contributed by atoms with Gasteiger partial charge in [0.2, 0.25) is 10.0 Å². The number of aliphatic hydroxyl groups excluding tert-OH is 1. The maximum Gasteiger partial charge on any atom is 0.265 e. The summed E-state index contributed by atoms with van der Waals surface area (Å²) in [7, 11) is -8.85. The maximum absolute atomic E-state index is 12.6. The molecule has 0 aliphatic heterocycles. The molecule has 3 aromatic carbocycles. The first-order valence-electron chi connectivity index (χ1n) is 8.61. The second kappa shape index (κ2) is 8.36. The molecule has 4 N–H and O–H groups in total. The van der Waals surface area contributed by atoms with E-state index < -0.39 is 35.7 Å². The molecule has 0 saturated carbocycles. The molecule has 0 aliphatic rings. The third-order valence-electron chi connectivity index (χ3n) is 4.29. The molecule has 0 radical (unpaired) electrons. The Labute approximate surface area is 174 Å². The second-order valence-corrected chi connectivity index (χ2v) is 9.50. The van der Waals surface area contributed by atoms with Crippen molar-refractivity contribution >= 4 is 26.0 Å². The summed E-state index contributed by atoms with van der Waals surface area (Å²) in [6, 6.07) is 18.2. The van der Waals surface area contributed by atoms with Crippen LogP contribution in [0.2, 0.25) is 0 Å². The zero-order valence-corrected chi connectivity index (χ0v) is 17.2. The monoisotopic (exact) mass is 446 g/mol. The molecule has 0 aliphatic carbocycles. The van der Waals surface area contributed by atoms with Crippen molar-refractivity contribution in [2.75, 3.05) is 0 Å². The largest absolute Gasteiger partial charge is 0.392 e. The van der Waals surface area contributed by atoms with E-state index >= 15 is 0 Å². The fourth-order valence-electron chi connectivity index (χ4n) is 2.91. The van der Waals surface area contributed by atoms with Crippen molar-refractivity contribution in [3.8, 4) is 11.1 Å². The van der Waals surface area contributed by atoms with Gasteiger partial charge in [-0.25, -0.2) is 26.7 Å². The van der Waals surface area contributed by atoms with Crippen molar-refractivity contribution in [3.05, 3.63) is 83.9 Å². The van der Waals surface area contributed by atoms with Crippen molar-refractivity contribution in [2.45, 2.75) is 16.4 Å². The quantitative estimate of drug-likeness (QED) is 0.525. The molecule has 0 atom stereocenters. The number of benzene rings is 3. The Balaban J connectivity index is 1.95. The van der Waals surface area contributed by atoms with Gasteiger partial charge in [0, 0.05) is 5.56 Å². The van der Waals surface area contributed by atoms with E-state index in [9.17, 15) is 26.7 Å². The van der Waals surface area contributed by atoms with Crippen LogP contribution < -0.4 is 9.86 Å². The summed E-state index contributed by atoms with van der Waals surface area (Å²) in [5.41, 5.74) is 1.92. The van der Waals surface area contributed by atoms with Crippen molar-refractivity contribution in [2.24, 2.45) is 5.14 Å². The van der Waals surface area contributed by atoms with Crippen molar-refractivity contribution in [1.82, 2.24) is 4.72 Å². The summed E-state index contributed by atoms with van der Waals surface area (Å²) in [6.45, 7) is -0.369. The molecule has 10 heteroatoms. The first kappa shape index (κ1) is 21.7. The van der Waals surface area contributed by atoms with Gasteiger partial charge in [-0.3, -0.25) is 4.79 Å². The van der Waals surface area contributed by atoms with Crippen molar-refractivity contribution < 1.29 is 26.7 Å². The molecule has 8 nitrogen and oxygen atoms in total. The van der Waals surface area contributed by atoms with Gasteiger partial charge < -0.3 is 5.11 Å². The number of amides is 1. The molecule has 0 heterocycles. The van der Waals surface area contributed by atoms with E-state index in [2.05, 4.69) is 0 Å². The molecular formula is C20H18N2O6S2. The highest BCUT2D eigenvalue weighted by molar-refractivity contribution is 7.92. The Morgan fingerprint density at radius 2 is 1.47 bits per heavy atom. The Bertz CT molecular complexity index is 1300. The summed E-state index contributed by atoms with van der Waals surface area (Å²) in [5, 5.41) is 14.8. The minimum Gasteiger partial charge on any atom is -0.392 e. The van der Waals surface area contributed by atoms with Gasteiger partial charge >= 0.3 is 0 Å². The van der Waals surface area contributed by atoms with Crippen molar-refractivity contribution in [3.63, 3.8) is 0 Å². The minimum absolute atomic E-state index is 0.0182. The summed E-state index contributed by atoms with van der Waals surface area (Å²) >= 11 is 0. The molecule has 0 bridgehead atoms. The van der Waals surface area contributed by atoms with Gasteiger partial charge in [0.15, 0.2) is 0 Å². The first-order valence-corrected chi connectivity index (χ1v) is 11.6. The summed E-state index contributed by atoms with van der Waals surface area (Å²) < 4.78 is 50.5. The van der Waals surface area contributed by atoms with Crippen LogP contribution >= 0.6 is 0 Å². The molecule has 0 unspecified atom stereocenters. The van der Waals surface area contributed by atoms with Crippen LogP contribution in [0.3, 0.4) is 0 Å². The van der Waals surface area contributed by atoms with Crippen molar-refractivity contribution in [1.29, 1.82) is 0 Å². The topological polar surface area (TPSA) is 144 Å². The van der Waals surface area contributed by atoms with Gasteiger partial charge in [0.25, 0.3) is 15.9 Å². The molecule has 1 amide bonds. The lowest BCUT2D eigenvalue weighted by Gasteiger charge is -2.12. The van der Waals surface area contributed by atoms with E-state index in [1.165, 1.54) is 24.3 Å². The predicted molar refractivity (Wildman–Crippen MR) is 110 cm³/mol. The van der Waals surface area contributed by atoms with Crippen LogP contribution in [0, 0.1) is 0 Å². The van der Waals surface area contributed by atoms with Gasteiger partial charge in [-0.2, -0.15) is 0 Å². The van der Waals surface area contributed by atoms with Crippen LogP contribution in [0.15, 0.2) is 82.6 Å². The molecule has 3 aromatic rings. The van der Waals surface area contributed by atoms with Gasteiger partial charge in [0.05, 0.1) is 6.61 Å². The number of nitrogens with one attached hydrogen (secondary N) is 1. The van der Waals surface area contributed by atoms with E-state index in [0.29, 0.717) is 11.1 Å². The molecule has 156 valence electrons. The Morgan fingerprint density at radius 1 is 0.867 bits per heavy atom. The maximum atomic E-state index is 12.6. The Hall–Kier alpha value is -3.05. The number of primary sulfonamides is 1. The van der Waals surface area contributed by atoms with Crippen LogP contribution in [0.25, 0.3) is 11.1 Å². The standard InChI is InChI=1S/C20H18N2O6S2/c21-29(25,26)18-8-4-5-9-19(18)30(27,28)22-20(24)15-10-11-17(16(12-15)13-23)14-6-2-1-3-7-14/h1-12,23H,13H2,(H,22,24)(H2,21,25,26). The zero-order valence-electron chi connectivity index (χ0n) is 15.5. The number of carbonyl (C=O) groups is 1. The van der Waals surface area contributed by atoms with E-state index in [1.807, 2.05) is 35.1 Å². The number of hydrogen-bond acceptors (Lipinski definition) is 6. The molecule has 0 aromatic heterocycles. The third kappa shape index (κ3) is 4.57. The van der Waals surface area contributed by atoms with E-state index in [0.717, 1.165) is 17.7 Å². The van der Waals surface area contributed by atoms with E-state index in [4.69, 9.17) is 5.14 Å². The minimum atomic E-state index is -4.52. The Morgan fingerprint density at radius 3 is 2.07 bits per heavy atom. The van der Waals surface area contributed by atoms with Crippen LogP contribution in [0.1, 0.15) is 15.9 Å². The average Bonchev–Trinajstić information content (AvgIpc) is 2.73. The predicted octanol–water partition coefficient (Wildman–Crippen LogP) is 1.61. The molecule has 30 heavy (non-hydrogen) atoms. The van der Waals surface area contributed by atoms with Gasteiger partial charge in [0.1, 0.15) is 9.79 Å². The highest BCUT2D eigenvalue weighted by Crippen LogP contribution is 2.25. The lowest BCUT2D eigenvalue weighted by Crippen LogP contribution is -2.32. The Kier molecular flexibility index (Phi) is 6.04. The number of rotatable bonds is 6. The highest BCUT2D eigenvalue weighted by Gasteiger charge is 2.26. The fourth-order valence-corrected chi connectivity index (χ4v) is 5.27. The molecular weight excluding hydrogens is 428 g/mol. The molecule has 3 rings (SSSR count). The van der Waals surface area contributed by atoms with E-state index in [-0.39, 0.29) is 12.2 Å². The molecule has 0 spiro atoms. The van der Waals surface area contributed by atoms with Crippen LogP contribution in [0.5, 0.6) is 0 Å². The molecule has 0 fully saturated rings. The van der Waals surface area contributed by atoms with Gasteiger partial charge in [-0.05, 0) is 41.0 Å². The summed E-state index contributed by atoms with van der Waals surface area (Å²) in [6.07, 6.45) is 0. The third-order valence-corrected chi connectivity index (χ3v) is 6.78. The second-order valence-electron chi connectivity index (χ2n) is 6.32. The number of aliphatic hydroxyl groups is 1. The number of sulfonamides is 2. The normalized spacial score (nSPS) is 11.8.